The second-order valence-corrected chi connectivity index (χ2v) is 7.25. The Kier molecular flexibility index (Phi) is 8.41. The number of pyridine rings is 2. The third kappa shape index (κ3) is 6.03. The lowest BCUT2D eigenvalue weighted by Gasteiger charge is -2.32. The van der Waals surface area contributed by atoms with E-state index in [1.807, 2.05) is 41.9 Å². The van der Waals surface area contributed by atoms with E-state index < -0.39 is 0 Å². The minimum atomic E-state index is 0. The van der Waals surface area contributed by atoms with Gasteiger partial charge in [-0.1, -0.05) is 12.1 Å². The van der Waals surface area contributed by atoms with Gasteiger partial charge in [0.15, 0.2) is 17.4 Å². The van der Waals surface area contributed by atoms with E-state index in [-0.39, 0.29) is 30.1 Å². The molecule has 4 heterocycles. The predicted octanol–water partition coefficient (Wildman–Crippen LogP) is 2.22. The molecule has 0 amide bonds. The van der Waals surface area contributed by atoms with Crippen LogP contribution < -0.4 is 15.5 Å². The van der Waals surface area contributed by atoms with Crippen LogP contribution in [-0.2, 0) is 17.8 Å². The summed E-state index contributed by atoms with van der Waals surface area (Å²) in [5.41, 5.74) is 1.89. The average molecular weight is 536 g/mol. The van der Waals surface area contributed by atoms with Gasteiger partial charge >= 0.3 is 0 Å². The summed E-state index contributed by atoms with van der Waals surface area (Å²) < 4.78 is 7.57. The third-order valence-corrected chi connectivity index (χ3v) is 4.94. The summed E-state index contributed by atoms with van der Waals surface area (Å²) in [6, 6.07) is 10.00. The number of halogens is 1. The maximum Gasteiger partial charge on any atom is 0.191 e. The number of nitrogens with zero attached hydrogens (tertiary/aromatic N) is 6. The molecule has 1 atom stereocenters. The summed E-state index contributed by atoms with van der Waals surface area (Å²) in [5, 5.41) is 15.0. The van der Waals surface area contributed by atoms with Gasteiger partial charge in [0.25, 0.3) is 0 Å². The minimum Gasteiger partial charge on any atom is -0.375 e. The van der Waals surface area contributed by atoms with E-state index in [0.717, 1.165) is 55.1 Å². The number of hydrogen-bond acceptors (Lipinski definition) is 6. The van der Waals surface area contributed by atoms with Crippen LogP contribution in [0.25, 0.3) is 5.65 Å². The van der Waals surface area contributed by atoms with Gasteiger partial charge in [0, 0.05) is 32.0 Å². The molecular weight excluding hydrogens is 507 g/mol. The van der Waals surface area contributed by atoms with Crippen LogP contribution in [0.1, 0.15) is 25.2 Å². The first-order valence-electron chi connectivity index (χ1n) is 10.3. The molecule has 0 bridgehead atoms. The first-order chi connectivity index (χ1) is 14.7. The fourth-order valence-electron chi connectivity index (χ4n) is 3.41. The minimum absolute atomic E-state index is 0. The number of morpholine rings is 1. The predicted molar refractivity (Wildman–Crippen MR) is 132 cm³/mol. The summed E-state index contributed by atoms with van der Waals surface area (Å²) in [6.07, 6.45) is 4.09. The van der Waals surface area contributed by atoms with E-state index in [9.17, 15) is 0 Å². The van der Waals surface area contributed by atoms with Crippen LogP contribution in [0.2, 0.25) is 0 Å². The van der Waals surface area contributed by atoms with Crippen LogP contribution in [0, 0.1) is 0 Å². The van der Waals surface area contributed by atoms with Crippen molar-refractivity contribution in [3.8, 4) is 0 Å². The molecule has 1 aliphatic rings. The number of anilines is 1. The Bertz CT molecular complexity index is 990. The Morgan fingerprint density at radius 2 is 2.13 bits per heavy atom. The van der Waals surface area contributed by atoms with E-state index in [0.29, 0.717) is 13.1 Å². The van der Waals surface area contributed by atoms with Crippen molar-refractivity contribution < 1.29 is 4.74 Å². The molecule has 0 aromatic carbocycles. The molecule has 0 saturated carbocycles. The number of aliphatic imine (C=N–C) groups is 1. The molecule has 31 heavy (non-hydrogen) atoms. The second kappa shape index (κ2) is 11.2. The molecule has 2 N–H and O–H groups in total. The third-order valence-electron chi connectivity index (χ3n) is 4.94. The fourth-order valence-corrected chi connectivity index (χ4v) is 3.41. The average Bonchev–Trinajstić information content (AvgIpc) is 3.19. The van der Waals surface area contributed by atoms with Gasteiger partial charge in [0.2, 0.25) is 0 Å². The number of aromatic nitrogens is 4. The number of ether oxygens (including phenoxy) is 1. The smallest absolute Gasteiger partial charge is 0.191 e. The van der Waals surface area contributed by atoms with Crippen molar-refractivity contribution in [2.45, 2.75) is 33.0 Å². The zero-order valence-corrected chi connectivity index (χ0v) is 20.2. The van der Waals surface area contributed by atoms with Gasteiger partial charge in [-0.25, -0.2) is 9.98 Å². The molecule has 3 aromatic heterocycles. The van der Waals surface area contributed by atoms with Crippen LogP contribution >= 0.6 is 24.0 Å². The van der Waals surface area contributed by atoms with Crippen LogP contribution in [0.3, 0.4) is 0 Å². The Labute approximate surface area is 199 Å². The van der Waals surface area contributed by atoms with Gasteiger partial charge in [-0.3, -0.25) is 4.40 Å². The molecule has 0 aliphatic carbocycles. The van der Waals surface area contributed by atoms with Crippen LogP contribution in [0.5, 0.6) is 0 Å². The SMILES string of the molecule is CCNC(=NCc1ccc(N2CCOC(C)C2)nc1)NCc1nnc2ccccn12.I. The molecule has 1 fully saturated rings. The highest BCUT2D eigenvalue weighted by Gasteiger charge is 2.17. The lowest BCUT2D eigenvalue weighted by Crippen LogP contribution is -2.41. The van der Waals surface area contributed by atoms with Crippen molar-refractivity contribution in [1.29, 1.82) is 0 Å². The summed E-state index contributed by atoms with van der Waals surface area (Å²) in [5.74, 6) is 2.56. The van der Waals surface area contributed by atoms with Crippen LogP contribution in [0.15, 0.2) is 47.7 Å². The number of nitrogens with one attached hydrogen (secondary N) is 2. The molecule has 4 rings (SSSR count). The van der Waals surface area contributed by atoms with Gasteiger partial charge < -0.3 is 20.3 Å². The number of guanidine groups is 1. The van der Waals surface area contributed by atoms with E-state index in [1.54, 1.807) is 0 Å². The topological polar surface area (TPSA) is 92.0 Å². The summed E-state index contributed by atoms with van der Waals surface area (Å²) >= 11 is 0. The van der Waals surface area contributed by atoms with Crippen molar-refractivity contribution in [3.05, 3.63) is 54.1 Å². The Morgan fingerprint density at radius 1 is 1.23 bits per heavy atom. The molecule has 1 unspecified atom stereocenters. The fraction of sp³-hybridized carbons (Fsp3) is 0.429. The van der Waals surface area contributed by atoms with Gasteiger partial charge in [-0.2, -0.15) is 0 Å². The molecule has 1 saturated heterocycles. The largest absolute Gasteiger partial charge is 0.375 e. The maximum atomic E-state index is 5.60. The molecule has 0 spiro atoms. The van der Waals surface area contributed by atoms with Crippen molar-refractivity contribution in [2.75, 3.05) is 31.1 Å². The summed E-state index contributed by atoms with van der Waals surface area (Å²) in [7, 11) is 0. The molecule has 10 heteroatoms. The Balaban J connectivity index is 0.00000272. The van der Waals surface area contributed by atoms with Crippen molar-refractivity contribution in [3.63, 3.8) is 0 Å². The first kappa shape index (κ1) is 23.2. The summed E-state index contributed by atoms with van der Waals surface area (Å²) in [4.78, 5) is 11.6. The standard InChI is InChI=1S/C21H28N8O.HI/c1-3-22-21(25-14-20-27-26-19-6-4-5-9-29(19)20)24-13-17-7-8-18(23-12-17)28-10-11-30-16(2)15-28;/h4-9,12,16H,3,10-11,13-15H2,1-2H3,(H2,22,24,25);1H. The highest BCUT2D eigenvalue weighted by molar-refractivity contribution is 14.0. The normalized spacial score (nSPS) is 16.8. The lowest BCUT2D eigenvalue weighted by molar-refractivity contribution is 0.0529. The van der Waals surface area contributed by atoms with Gasteiger partial charge in [0.05, 0.1) is 25.8 Å². The molecule has 9 nitrogen and oxygen atoms in total. The highest BCUT2D eigenvalue weighted by Crippen LogP contribution is 2.15. The molecule has 3 aromatic rings. The van der Waals surface area contributed by atoms with Gasteiger partial charge in [-0.05, 0) is 37.6 Å². The number of hydrogen-bond donors (Lipinski definition) is 2. The summed E-state index contributed by atoms with van der Waals surface area (Å²) in [6.45, 7) is 8.48. The van der Waals surface area contributed by atoms with Gasteiger partial charge in [0.1, 0.15) is 5.82 Å². The molecule has 1 aliphatic heterocycles. The maximum absolute atomic E-state index is 5.60. The van der Waals surface area contributed by atoms with Crippen molar-refractivity contribution in [2.24, 2.45) is 4.99 Å². The van der Waals surface area contributed by atoms with Crippen molar-refractivity contribution >= 4 is 41.4 Å². The van der Waals surface area contributed by atoms with Gasteiger partial charge in [-0.15, -0.1) is 34.2 Å². The molecular formula is C21H29IN8O. The van der Waals surface area contributed by atoms with Crippen molar-refractivity contribution in [1.82, 2.24) is 30.2 Å². The number of fused-ring (bicyclic) bond motifs is 1. The van der Waals surface area contributed by atoms with Crippen LogP contribution in [-0.4, -0.2) is 57.9 Å². The zero-order chi connectivity index (χ0) is 20.8. The Morgan fingerprint density at radius 3 is 2.90 bits per heavy atom. The molecule has 0 radical (unpaired) electrons. The van der Waals surface area contributed by atoms with E-state index in [2.05, 4.69) is 54.8 Å². The number of rotatable bonds is 6. The van der Waals surface area contributed by atoms with E-state index in [1.165, 1.54) is 0 Å². The molecule has 166 valence electrons. The zero-order valence-electron chi connectivity index (χ0n) is 17.9. The second-order valence-electron chi connectivity index (χ2n) is 7.25. The van der Waals surface area contributed by atoms with E-state index >= 15 is 0 Å². The highest BCUT2D eigenvalue weighted by atomic mass is 127. The Hall–Kier alpha value is -2.47. The quantitative estimate of drug-likeness (QED) is 0.284. The van der Waals surface area contributed by atoms with Crippen LogP contribution in [0.4, 0.5) is 5.82 Å². The van der Waals surface area contributed by atoms with E-state index in [4.69, 9.17) is 4.74 Å². The first-order valence-corrected chi connectivity index (χ1v) is 10.3. The monoisotopic (exact) mass is 536 g/mol. The lowest BCUT2D eigenvalue weighted by atomic mass is 10.2.